The molecule has 0 saturated heterocycles. The average molecular weight is 268 g/mol. The summed E-state index contributed by atoms with van der Waals surface area (Å²) in [5.41, 5.74) is 5.88. The second-order valence-corrected chi connectivity index (χ2v) is 7.00. The van der Waals surface area contributed by atoms with Crippen molar-refractivity contribution in [1.82, 2.24) is 4.90 Å². The van der Waals surface area contributed by atoms with E-state index in [0.29, 0.717) is 13.1 Å². The molecular formula is C14H24N2OS. The van der Waals surface area contributed by atoms with Crippen LogP contribution in [0.2, 0.25) is 0 Å². The zero-order valence-corrected chi connectivity index (χ0v) is 12.6. The van der Waals surface area contributed by atoms with E-state index in [9.17, 15) is 4.79 Å². The summed E-state index contributed by atoms with van der Waals surface area (Å²) in [7, 11) is 1.85. The van der Waals surface area contributed by atoms with Gasteiger partial charge in [0.2, 0.25) is 5.91 Å². The number of nitrogens with zero attached hydrogens (tertiary/aromatic N) is 1. The molecule has 18 heavy (non-hydrogen) atoms. The zero-order valence-electron chi connectivity index (χ0n) is 11.8. The molecule has 0 saturated carbocycles. The normalized spacial score (nSPS) is 13.4. The zero-order chi connectivity index (χ0) is 13.8. The Morgan fingerprint density at radius 3 is 2.61 bits per heavy atom. The molecule has 4 heteroatoms. The molecule has 1 rings (SSSR count). The van der Waals surface area contributed by atoms with Crippen LogP contribution in [0.25, 0.3) is 0 Å². The third-order valence-corrected chi connectivity index (χ3v) is 3.70. The number of nitrogens with two attached hydrogens (primary N) is 1. The third-order valence-electron chi connectivity index (χ3n) is 2.84. The number of carbonyl (C=O) groups is 1. The predicted octanol–water partition coefficient (Wildman–Crippen LogP) is 2.72. The molecule has 0 radical (unpaired) electrons. The molecule has 0 aliphatic rings. The van der Waals surface area contributed by atoms with Gasteiger partial charge in [0.15, 0.2) is 0 Å². The molecule has 1 amide bonds. The van der Waals surface area contributed by atoms with Crippen LogP contribution in [0.3, 0.4) is 0 Å². The van der Waals surface area contributed by atoms with Gasteiger partial charge in [0.25, 0.3) is 0 Å². The fraction of sp³-hybridized carbons (Fsp3) is 0.643. The summed E-state index contributed by atoms with van der Waals surface area (Å²) in [6.45, 7) is 7.52. The Hall–Kier alpha value is -0.870. The van der Waals surface area contributed by atoms with Crippen molar-refractivity contribution in [3.05, 3.63) is 22.4 Å². The first-order chi connectivity index (χ1) is 8.33. The average Bonchev–Trinajstić information content (AvgIpc) is 2.76. The van der Waals surface area contributed by atoms with E-state index in [4.69, 9.17) is 5.73 Å². The maximum Gasteiger partial charge on any atom is 0.227 e. The van der Waals surface area contributed by atoms with Crippen LogP contribution in [0.15, 0.2) is 17.5 Å². The first-order valence-electron chi connectivity index (χ1n) is 6.31. The van der Waals surface area contributed by atoms with E-state index in [1.54, 1.807) is 16.2 Å². The summed E-state index contributed by atoms with van der Waals surface area (Å²) in [6.07, 6.45) is 0.830. The number of hydrogen-bond acceptors (Lipinski definition) is 3. The smallest absolute Gasteiger partial charge is 0.227 e. The Labute approximate surface area is 114 Å². The Bertz CT molecular complexity index is 368. The van der Waals surface area contributed by atoms with E-state index >= 15 is 0 Å². The summed E-state index contributed by atoms with van der Waals surface area (Å²) in [6, 6.07) is 4.06. The highest BCUT2D eigenvalue weighted by Gasteiger charge is 2.26. The Balaban J connectivity index is 2.60. The van der Waals surface area contributed by atoms with E-state index in [2.05, 4.69) is 26.8 Å². The van der Waals surface area contributed by atoms with Crippen molar-refractivity contribution in [2.45, 2.75) is 33.7 Å². The fourth-order valence-electron chi connectivity index (χ4n) is 2.04. The molecule has 1 atom stereocenters. The van der Waals surface area contributed by atoms with E-state index < -0.39 is 0 Å². The van der Waals surface area contributed by atoms with Gasteiger partial charge in [0.05, 0.1) is 12.5 Å². The van der Waals surface area contributed by atoms with Crippen molar-refractivity contribution in [2.24, 2.45) is 17.1 Å². The lowest BCUT2D eigenvalue weighted by Crippen LogP contribution is -2.38. The minimum absolute atomic E-state index is 0.0741. The molecular weight excluding hydrogens is 244 g/mol. The molecule has 102 valence electrons. The van der Waals surface area contributed by atoms with Crippen molar-refractivity contribution in [1.29, 1.82) is 0 Å². The molecule has 0 bridgehead atoms. The number of thiophene rings is 1. The van der Waals surface area contributed by atoms with Crippen LogP contribution in [0.1, 0.15) is 32.1 Å². The van der Waals surface area contributed by atoms with Gasteiger partial charge in [-0.05, 0) is 23.3 Å². The van der Waals surface area contributed by atoms with Crippen molar-refractivity contribution < 1.29 is 4.79 Å². The highest BCUT2D eigenvalue weighted by atomic mass is 32.1. The minimum Gasteiger partial charge on any atom is -0.340 e. The van der Waals surface area contributed by atoms with E-state index in [-0.39, 0.29) is 17.2 Å². The summed E-state index contributed by atoms with van der Waals surface area (Å²) < 4.78 is 0. The van der Waals surface area contributed by atoms with Gasteiger partial charge in [-0.3, -0.25) is 4.79 Å². The van der Waals surface area contributed by atoms with Crippen LogP contribution >= 0.6 is 11.3 Å². The standard InChI is InChI=1S/C14H24N2OS/c1-14(2,3)8-11(9-15)13(17)16(4)10-12-6-5-7-18-12/h5-7,11H,8-10,15H2,1-4H3. The minimum atomic E-state index is -0.0741. The van der Waals surface area contributed by atoms with Gasteiger partial charge in [0.1, 0.15) is 0 Å². The van der Waals surface area contributed by atoms with Crippen LogP contribution in [-0.4, -0.2) is 24.4 Å². The Morgan fingerprint density at radius 2 is 2.17 bits per heavy atom. The molecule has 2 N–H and O–H groups in total. The second-order valence-electron chi connectivity index (χ2n) is 5.97. The molecule has 0 aliphatic carbocycles. The maximum atomic E-state index is 12.3. The highest BCUT2D eigenvalue weighted by Crippen LogP contribution is 2.25. The van der Waals surface area contributed by atoms with Crippen molar-refractivity contribution in [2.75, 3.05) is 13.6 Å². The highest BCUT2D eigenvalue weighted by molar-refractivity contribution is 7.09. The van der Waals surface area contributed by atoms with Crippen molar-refractivity contribution in [3.8, 4) is 0 Å². The van der Waals surface area contributed by atoms with Crippen LogP contribution in [0.5, 0.6) is 0 Å². The molecule has 1 heterocycles. The van der Waals surface area contributed by atoms with Crippen LogP contribution < -0.4 is 5.73 Å². The van der Waals surface area contributed by atoms with E-state index in [1.807, 2.05) is 18.5 Å². The quantitative estimate of drug-likeness (QED) is 0.892. The molecule has 1 aromatic heterocycles. The third kappa shape index (κ3) is 4.78. The van der Waals surface area contributed by atoms with Crippen LogP contribution in [0.4, 0.5) is 0 Å². The van der Waals surface area contributed by atoms with Gasteiger partial charge in [-0.2, -0.15) is 0 Å². The largest absolute Gasteiger partial charge is 0.340 e. The van der Waals surface area contributed by atoms with Crippen molar-refractivity contribution >= 4 is 17.2 Å². The predicted molar refractivity (Wildman–Crippen MR) is 77.4 cm³/mol. The summed E-state index contributed by atoms with van der Waals surface area (Å²) >= 11 is 1.68. The first-order valence-corrected chi connectivity index (χ1v) is 7.19. The fourth-order valence-corrected chi connectivity index (χ4v) is 2.79. The van der Waals surface area contributed by atoms with E-state index in [1.165, 1.54) is 4.88 Å². The second kappa shape index (κ2) is 6.34. The van der Waals surface area contributed by atoms with Crippen LogP contribution in [-0.2, 0) is 11.3 Å². The first kappa shape index (κ1) is 15.2. The summed E-state index contributed by atoms with van der Waals surface area (Å²) in [5, 5.41) is 2.03. The number of hydrogen-bond donors (Lipinski definition) is 1. The van der Waals surface area contributed by atoms with Crippen LogP contribution in [0, 0.1) is 11.3 Å². The monoisotopic (exact) mass is 268 g/mol. The lowest BCUT2D eigenvalue weighted by atomic mass is 9.84. The lowest BCUT2D eigenvalue weighted by molar-refractivity contribution is -0.135. The number of amides is 1. The Kier molecular flexibility index (Phi) is 5.35. The van der Waals surface area contributed by atoms with Gasteiger partial charge in [-0.1, -0.05) is 26.8 Å². The number of rotatable bonds is 5. The Morgan fingerprint density at radius 1 is 1.50 bits per heavy atom. The van der Waals surface area contributed by atoms with Gasteiger partial charge in [0, 0.05) is 18.5 Å². The van der Waals surface area contributed by atoms with Crippen molar-refractivity contribution in [3.63, 3.8) is 0 Å². The lowest BCUT2D eigenvalue weighted by Gasteiger charge is -2.28. The van der Waals surface area contributed by atoms with Gasteiger partial charge >= 0.3 is 0 Å². The molecule has 0 spiro atoms. The summed E-state index contributed by atoms with van der Waals surface area (Å²) in [4.78, 5) is 15.3. The van der Waals surface area contributed by atoms with Gasteiger partial charge < -0.3 is 10.6 Å². The summed E-state index contributed by atoms with van der Waals surface area (Å²) in [5.74, 6) is 0.0794. The molecule has 1 unspecified atom stereocenters. The maximum absolute atomic E-state index is 12.3. The SMILES string of the molecule is CN(Cc1cccs1)C(=O)C(CN)CC(C)(C)C. The topological polar surface area (TPSA) is 46.3 Å². The molecule has 0 aliphatic heterocycles. The molecule has 1 aromatic rings. The molecule has 3 nitrogen and oxygen atoms in total. The van der Waals surface area contributed by atoms with Gasteiger partial charge in [-0.25, -0.2) is 0 Å². The van der Waals surface area contributed by atoms with Gasteiger partial charge in [-0.15, -0.1) is 11.3 Å². The van der Waals surface area contributed by atoms with E-state index in [0.717, 1.165) is 6.42 Å². The molecule has 0 fully saturated rings. The molecule has 0 aromatic carbocycles. The number of carbonyl (C=O) groups excluding carboxylic acids is 1.